The Labute approximate surface area is 159 Å². The fourth-order valence-corrected chi connectivity index (χ4v) is 5.92. The predicted octanol–water partition coefficient (Wildman–Crippen LogP) is 4.50. The van der Waals surface area contributed by atoms with Gasteiger partial charge < -0.3 is 4.98 Å². The smallest absolute Gasteiger partial charge is 0.245 e. The van der Waals surface area contributed by atoms with E-state index < -0.39 is 10.0 Å². The molecule has 0 unspecified atom stereocenters. The van der Waals surface area contributed by atoms with Gasteiger partial charge >= 0.3 is 0 Å². The second-order valence-electron chi connectivity index (χ2n) is 5.99. The zero-order valence-corrected chi connectivity index (χ0v) is 16.3. The lowest BCUT2D eigenvalue weighted by atomic mass is 10.2. The van der Waals surface area contributed by atoms with Crippen molar-refractivity contribution in [3.05, 3.63) is 57.8 Å². The van der Waals surface area contributed by atoms with Crippen molar-refractivity contribution in [2.24, 2.45) is 0 Å². The first kappa shape index (κ1) is 17.0. The number of aromatic nitrogens is 2. The number of nitrogens with one attached hydrogen (secondary N) is 1. The van der Waals surface area contributed by atoms with Crippen LogP contribution in [0.15, 0.2) is 51.8 Å². The van der Waals surface area contributed by atoms with Crippen LogP contribution in [0.1, 0.15) is 24.7 Å². The van der Waals surface area contributed by atoms with E-state index in [1.807, 2.05) is 24.3 Å². The van der Waals surface area contributed by atoms with Gasteiger partial charge in [-0.25, -0.2) is 13.4 Å². The van der Waals surface area contributed by atoms with Crippen LogP contribution < -0.4 is 0 Å². The largest absolute Gasteiger partial charge is 0.341 e. The highest BCUT2D eigenvalue weighted by molar-refractivity contribution is 9.10. The van der Waals surface area contributed by atoms with Gasteiger partial charge in [0, 0.05) is 11.0 Å². The lowest BCUT2D eigenvalue weighted by Gasteiger charge is -2.23. The molecule has 0 bridgehead atoms. The Balaban J connectivity index is 1.75. The fraction of sp³-hybridized carbons (Fsp3) is 0.235. The number of aromatic amines is 1. The molecule has 1 aliphatic heterocycles. The summed E-state index contributed by atoms with van der Waals surface area (Å²) in [5.74, 6) is 0.676. The van der Waals surface area contributed by atoms with Crippen molar-refractivity contribution in [1.29, 1.82) is 0 Å². The quantitative estimate of drug-likeness (QED) is 0.652. The number of halogens is 2. The first-order valence-corrected chi connectivity index (χ1v) is 10.5. The van der Waals surface area contributed by atoms with Gasteiger partial charge in [-0.05, 0) is 43.2 Å². The molecule has 25 heavy (non-hydrogen) atoms. The van der Waals surface area contributed by atoms with E-state index in [2.05, 4.69) is 25.9 Å². The van der Waals surface area contributed by atoms with Crippen molar-refractivity contribution in [1.82, 2.24) is 14.3 Å². The SMILES string of the molecule is O=S(=O)(c1ccc(Br)cc1Cl)N1CCC[C@H]1c1nc2ccccc2[nH]1. The first-order chi connectivity index (χ1) is 12.0. The van der Waals surface area contributed by atoms with E-state index in [9.17, 15) is 8.42 Å². The van der Waals surface area contributed by atoms with Crippen molar-refractivity contribution >= 4 is 48.6 Å². The van der Waals surface area contributed by atoms with Gasteiger partial charge in [-0.3, -0.25) is 0 Å². The number of H-pyrrole nitrogens is 1. The summed E-state index contributed by atoms with van der Waals surface area (Å²) >= 11 is 9.50. The zero-order valence-electron chi connectivity index (χ0n) is 13.1. The van der Waals surface area contributed by atoms with Crippen LogP contribution in [-0.4, -0.2) is 29.2 Å². The third-order valence-electron chi connectivity index (χ3n) is 4.41. The Morgan fingerprint density at radius 2 is 2.04 bits per heavy atom. The molecule has 1 N–H and O–H groups in total. The molecule has 3 aromatic rings. The molecule has 1 atom stereocenters. The Hall–Kier alpha value is -1.41. The second kappa shape index (κ2) is 6.39. The molecular weight excluding hydrogens is 426 g/mol. The number of hydrogen-bond acceptors (Lipinski definition) is 3. The molecule has 0 radical (unpaired) electrons. The van der Waals surface area contributed by atoms with Gasteiger partial charge in [0.2, 0.25) is 10.0 Å². The fourth-order valence-electron chi connectivity index (χ4n) is 3.24. The van der Waals surface area contributed by atoms with E-state index in [1.54, 1.807) is 12.1 Å². The maximum Gasteiger partial charge on any atom is 0.245 e. The highest BCUT2D eigenvalue weighted by Crippen LogP contribution is 2.38. The molecule has 1 aliphatic rings. The first-order valence-electron chi connectivity index (χ1n) is 7.88. The summed E-state index contributed by atoms with van der Waals surface area (Å²) in [6, 6.07) is 12.2. The Kier molecular flexibility index (Phi) is 4.35. The van der Waals surface area contributed by atoms with E-state index in [0.717, 1.165) is 28.3 Å². The lowest BCUT2D eigenvalue weighted by Crippen LogP contribution is -2.31. The lowest BCUT2D eigenvalue weighted by molar-refractivity contribution is 0.386. The standard InChI is InChI=1S/C17H15BrClN3O2S/c18-11-7-8-16(12(19)10-11)25(23,24)22-9-3-6-15(22)17-20-13-4-1-2-5-14(13)21-17/h1-2,4-5,7-8,10,15H,3,6,9H2,(H,20,21)/t15-/m0/s1. The monoisotopic (exact) mass is 439 g/mol. The van der Waals surface area contributed by atoms with Crippen LogP contribution in [0, 0.1) is 0 Å². The van der Waals surface area contributed by atoms with E-state index in [-0.39, 0.29) is 16.0 Å². The molecule has 0 saturated carbocycles. The van der Waals surface area contributed by atoms with Crippen molar-refractivity contribution in [2.75, 3.05) is 6.54 Å². The highest BCUT2D eigenvalue weighted by atomic mass is 79.9. The molecule has 130 valence electrons. The maximum atomic E-state index is 13.2. The van der Waals surface area contributed by atoms with Crippen LogP contribution in [0.2, 0.25) is 5.02 Å². The summed E-state index contributed by atoms with van der Waals surface area (Å²) in [6.07, 6.45) is 1.52. The summed E-state index contributed by atoms with van der Waals surface area (Å²) in [4.78, 5) is 7.97. The molecule has 2 heterocycles. The minimum absolute atomic E-state index is 0.125. The Bertz CT molecular complexity index is 1020. The van der Waals surface area contributed by atoms with E-state index in [0.29, 0.717) is 12.4 Å². The van der Waals surface area contributed by atoms with Crippen molar-refractivity contribution in [3.8, 4) is 0 Å². The number of nitrogens with zero attached hydrogens (tertiary/aromatic N) is 2. The third-order valence-corrected chi connectivity index (χ3v) is 7.29. The number of sulfonamides is 1. The van der Waals surface area contributed by atoms with Crippen LogP contribution in [0.3, 0.4) is 0 Å². The van der Waals surface area contributed by atoms with Gasteiger partial charge in [0.25, 0.3) is 0 Å². The molecule has 1 aromatic heterocycles. The summed E-state index contributed by atoms with van der Waals surface area (Å²) in [7, 11) is -3.70. The molecule has 0 amide bonds. The van der Waals surface area contributed by atoms with Crippen LogP contribution in [0.4, 0.5) is 0 Å². The third kappa shape index (κ3) is 2.99. The minimum Gasteiger partial charge on any atom is -0.341 e. The number of benzene rings is 2. The summed E-state index contributed by atoms with van der Waals surface area (Å²) in [6.45, 7) is 0.455. The molecule has 8 heteroatoms. The number of fused-ring (bicyclic) bond motifs is 1. The molecule has 1 saturated heterocycles. The van der Waals surface area contributed by atoms with E-state index in [1.165, 1.54) is 10.4 Å². The van der Waals surface area contributed by atoms with Gasteiger partial charge in [-0.15, -0.1) is 0 Å². The van der Waals surface area contributed by atoms with Crippen LogP contribution in [0.25, 0.3) is 11.0 Å². The zero-order chi connectivity index (χ0) is 17.6. The van der Waals surface area contributed by atoms with Gasteiger partial charge in [0.1, 0.15) is 10.7 Å². The second-order valence-corrected chi connectivity index (χ2v) is 9.17. The summed E-state index contributed by atoms with van der Waals surface area (Å²) < 4.78 is 28.5. The van der Waals surface area contributed by atoms with E-state index >= 15 is 0 Å². The topological polar surface area (TPSA) is 66.1 Å². The van der Waals surface area contributed by atoms with Crippen LogP contribution in [-0.2, 0) is 10.0 Å². The molecule has 0 aliphatic carbocycles. The minimum atomic E-state index is -3.70. The molecule has 1 fully saturated rings. The maximum absolute atomic E-state index is 13.2. The van der Waals surface area contributed by atoms with Gasteiger partial charge in [0.15, 0.2) is 0 Å². The summed E-state index contributed by atoms with van der Waals surface area (Å²) in [5, 5.41) is 0.213. The Morgan fingerprint density at radius 1 is 1.24 bits per heavy atom. The van der Waals surface area contributed by atoms with Gasteiger partial charge in [-0.2, -0.15) is 4.31 Å². The van der Waals surface area contributed by atoms with Crippen LogP contribution >= 0.6 is 27.5 Å². The Morgan fingerprint density at radius 3 is 2.80 bits per heavy atom. The molecule has 0 spiro atoms. The number of hydrogen-bond donors (Lipinski definition) is 1. The number of para-hydroxylation sites is 2. The number of imidazole rings is 1. The molecule has 4 rings (SSSR count). The van der Waals surface area contributed by atoms with Crippen molar-refractivity contribution in [2.45, 2.75) is 23.8 Å². The number of rotatable bonds is 3. The van der Waals surface area contributed by atoms with E-state index in [4.69, 9.17) is 11.6 Å². The van der Waals surface area contributed by atoms with Crippen molar-refractivity contribution < 1.29 is 8.42 Å². The highest BCUT2D eigenvalue weighted by Gasteiger charge is 2.38. The molecule has 5 nitrogen and oxygen atoms in total. The average Bonchev–Trinajstić information content (AvgIpc) is 3.21. The predicted molar refractivity (Wildman–Crippen MR) is 101 cm³/mol. The molecular formula is C17H15BrClN3O2S. The normalized spacial score (nSPS) is 18.9. The van der Waals surface area contributed by atoms with Crippen molar-refractivity contribution in [3.63, 3.8) is 0 Å². The average molecular weight is 441 g/mol. The van der Waals surface area contributed by atoms with Gasteiger partial charge in [0.05, 0.1) is 22.1 Å². The molecule has 2 aromatic carbocycles. The van der Waals surface area contributed by atoms with Crippen LogP contribution in [0.5, 0.6) is 0 Å². The summed E-state index contributed by atoms with van der Waals surface area (Å²) in [5.41, 5.74) is 1.74. The van der Waals surface area contributed by atoms with Gasteiger partial charge in [-0.1, -0.05) is 39.7 Å².